The standard InChI is InChI=1S/C22H23BrN2/c1-16(17-5-3-2-4-6-17)15-22(23,18-7-11-20(24)12-8-18)19-9-13-21(25)14-10-19/h2-14,16H,15,24-25H2,1H3. The van der Waals surface area contributed by atoms with Crippen molar-refractivity contribution in [2.45, 2.75) is 23.6 Å². The Balaban J connectivity index is 2.02. The highest BCUT2D eigenvalue weighted by Crippen LogP contribution is 2.46. The Morgan fingerprint density at radius 1 is 0.760 bits per heavy atom. The van der Waals surface area contributed by atoms with E-state index in [2.05, 4.69) is 77.5 Å². The van der Waals surface area contributed by atoms with Crippen molar-refractivity contribution in [2.75, 3.05) is 11.5 Å². The Hall–Kier alpha value is -2.26. The fourth-order valence-corrected chi connectivity index (χ4v) is 4.23. The molecule has 0 aliphatic carbocycles. The van der Waals surface area contributed by atoms with E-state index >= 15 is 0 Å². The molecule has 0 heterocycles. The Labute approximate surface area is 158 Å². The fourth-order valence-electron chi connectivity index (χ4n) is 3.22. The molecule has 4 N–H and O–H groups in total. The second-order valence-corrected chi connectivity index (χ2v) is 7.91. The van der Waals surface area contributed by atoms with Crippen LogP contribution in [-0.2, 0) is 4.32 Å². The van der Waals surface area contributed by atoms with Crippen molar-refractivity contribution >= 4 is 27.3 Å². The molecule has 3 heteroatoms. The summed E-state index contributed by atoms with van der Waals surface area (Å²) in [5, 5.41) is 0. The van der Waals surface area contributed by atoms with E-state index in [9.17, 15) is 0 Å². The van der Waals surface area contributed by atoms with Crippen LogP contribution in [0, 0.1) is 0 Å². The molecule has 0 aliphatic rings. The highest BCUT2D eigenvalue weighted by molar-refractivity contribution is 9.09. The zero-order valence-corrected chi connectivity index (χ0v) is 15.9. The van der Waals surface area contributed by atoms with Gasteiger partial charge in [-0.25, -0.2) is 0 Å². The molecule has 0 amide bonds. The third-order valence-corrected chi connectivity index (χ3v) is 5.93. The molecular weight excluding hydrogens is 372 g/mol. The molecule has 2 nitrogen and oxygen atoms in total. The van der Waals surface area contributed by atoms with E-state index in [0.29, 0.717) is 5.92 Å². The molecule has 25 heavy (non-hydrogen) atoms. The molecule has 0 saturated carbocycles. The number of hydrogen-bond acceptors (Lipinski definition) is 2. The molecule has 3 aromatic carbocycles. The van der Waals surface area contributed by atoms with Crippen LogP contribution in [0.2, 0.25) is 0 Å². The number of alkyl halides is 1. The Morgan fingerprint density at radius 2 is 1.20 bits per heavy atom. The van der Waals surface area contributed by atoms with Crippen molar-refractivity contribution in [3.63, 3.8) is 0 Å². The van der Waals surface area contributed by atoms with Crippen LogP contribution in [0.3, 0.4) is 0 Å². The van der Waals surface area contributed by atoms with Crippen LogP contribution in [0.5, 0.6) is 0 Å². The Bertz CT molecular complexity index is 765. The minimum Gasteiger partial charge on any atom is -0.399 e. The predicted octanol–water partition coefficient (Wildman–Crippen LogP) is 5.68. The van der Waals surface area contributed by atoms with Gasteiger partial charge in [-0.15, -0.1) is 0 Å². The lowest BCUT2D eigenvalue weighted by Gasteiger charge is -2.32. The molecule has 0 bridgehead atoms. The summed E-state index contributed by atoms with van der Waals surface area (Å²) in [7, 11) is 0. The maximum absolute atomic E-state index is 5.89. The topological polar surface area (TPSA) is 52.0 Å². The molecule has 3 aromatic rings. The van der Waals surface area contributed by atoms with E-state index in [1.807, 2.05) is 24.3 Å². The van der Waals surface area contributed by atoms with Gasteiger partial charge >= 0.3 is 0 Å². The zero-order chi connectivity index (χ0) is 17.9. The second kappa shape index (κ2) is 7.32. The van der Waals surface area contributed by atoms with Gasteiger partial charge in [0, 0.05) is 11.4 Å². The summed E-state index contributed by atoms with van der Waals surface area (Å²) in [5.41, 5.74) is 17.0. The number of anilines is 2. The molecule has 0 saturated heterocycles. The van der Waals surface area contributed by atoms with Crippen LogP contribution in [-0.4, -0.2) is 0 Å². The summed E-state index contributed by atoms with van der Waals surface area (Å²) < 4.78 is -0.302. The minimum atomic E-state index is -0.302. The minimum absolute atomic E-state index is 0.302. The predicted molar refractivity (Wildman–Crippen MR) is 111 cm³/mol. The zero-order valence-electron chi connectivity index (χ0n) is 14.3. The molecular formula is C22H23BrN2. The van der Waals surface area contributed by atoms with Crippen LogP contribution < -0.4 is 11.5 Å². The largest absolute Gasteiger partial charge is 0.399 e. The highest BCUT2D eigenvalue weighted by atomic mass is 79.9. The molecule has 3 rings (SSSR count). The van der Waals surface area contributed by atoms with Gasteiger partial charge in [0.25, 0.3) is 0 Å². The van der Waals surface area contributed by atoms with Gasteiger partial charge in [-0.05, 0) is 53.3 Å². The van der Waals surface area contributed by atoms with Crippen molar-refractivity contribution in [2.24, 2.45) is 0 Å². The smallest absolute Gasteiger partial charge is 0.0760 e. The molecule has 0 aliphatic heterocycles. The van der Waals surface area contributed by atoms with Gasteiger partial charge in [-0.1, -0.05) is 77.5 Å². The summed E-state index contributed by atoms with van der Waals surface area (Å²) in [4.78, 5) is 0. The summed E-state index contributed by atoms with van der Waals surface area (Å²) >= 11 is 4.07. The van der Waals surface area contributed by atoms with Crippen LogP contribution in [0.4, 0.5) is 11.4 Å². The van der Waals surface area contributed by atoms with Crippen LogP contribution >= 0.6 is 15.9 Å². The Morgan fingerprint density at radius 3 is 1.64 bits per heavy atom. The van der Waals surface area contributed by atoms with Gasteiger partial charge in [-0.3, -0.25) is 0 Å². The van der Waals surface area contributed by atoms with Gasteiger partial charge < -0.3 is 11.5 Å². The number of nitrogens with two attached hydrogens (primary N) is 2. The first-order chi connectivity index (χ1) is 12.0. The number of benzene rings is 3. The van der Waals surface area contributed by atoms with Crippen LogP contribution in [0.1, 0.15) is 36.0 Å². The first-order valence-corrected chi connectivity index (χ1v) is 9.24. The van der Waals surface area contributed by atoms with Crippen molar-refractivity contribution in [3.8, 4) is 0 Å². The van der Waals surface area contributed by atoms with E-state index in [4.69, 9.17) is 11.5 Å². The number of rotatable bonds is 5. The van der Waals surface area contributed by atoms with Gasteiger partial charge in [0.2, 0.25) is 0 Å². The average Bonchev–Trinajstić information content (AvgIpc) is 2.63. The molecule has 128 valence electrons. The van der Waals surface area contributed by atoms with E-state index in [1.165, 1.54) is 16.7 Å². The number of hydrogen-bond donors (Lipinski definition) is 2. The normalized spacial score (nSPS) is 12.7. The monoisotopic (exact) mass is 394 g/mol. The summed E-state index contributed by atoms with van der Waals surface area (Å²) in [6, 6.07) is 26.8. The van der Waals surface area contributed by atoms with E-state index in [-0.39, 0.29) is 4.32 Å². The van der Waals surface area contributed by atoms with E-state index in [1.54, 1.807) is 0 Å². The fraction of sp³-hybridized carbons (Fsp3) is 0.182. The van der Waals surface area contributed by atoms with E-state index < -0.39 is 0 Å². The molecule has 0 fully saturated rings. The average molecular weight is 395 g/mol. The lowest BCUT2D eigenvalue weighted by molar-refractivity contribution is 0.587. The third-order valence-electron chi connectivity index (χ3n) is 4.69. The molecule has 1 unspecified atom stereocenters. The van der Waals surface area contributed by atoms with Crippen molar-refractivity contribution in [3.05, 3.63) is 95.6 Å². The van der Waals surface area contributed by atoms with Crippen LogP contribution in [0.15, 0.2) is 78.9 Å². The first-order valence-electron chi connectivity index (χ1n) is 8.45. The van der Waals surface area contributed by atoms with Gasteiger partial charge in [0.1, 0.15) is 0 Å². The van der Waals surface area contributed by atoms with E-state index in [0.717, 1.165) is 17.8 Å². The van der Waals surface area contributed by atoms with Gasteiger partial charge in [0.05, 0.1) is 4.32 Å². The maximum Gasteiger partial charge on any atom is 0.0760 e. The maximum atomic E-state index is 5.89. The number of halogens is 1. The Kier molecular flexibility index (Phi) is 5.14. The molecule has 0 aromatic heterocycles. The lowest BCUT2D eigenvalue weighted by Crippen LogP contribution is -2.22. The molecule has 0 spiro atoms. The quantitative estimate of drug-likeness (QED) is 0.431. The number of nitrogen functional groups attached to an aromatic ring is 2. The lowest BCUT2D eigenvalue weighted by atomic mass is 9.81. The summed E-state index contributed by atoms with van der Waals surface area (Å²) in [6.45, 7) is 2.26. The second-order valence-electron chi connectivity index (χ2n) is 6.56. The first kappa shape index (κ1) is 17.6. The molecule has 1 atom stereocenters. The van der Waals surface area contributed by atoms with Crippen molar-refractivity contribution in [1.82, 2.24) is 0 Å². The third kappa shape index (κ3) is 3.88. The van der Waals surface area contributed by atoms with Crippen LogP contribution in [0.25, 0.3) is 0 Å². The highest BCUT2D eigenvalue weighted by Gasteiger charge is 2.33. The summed E-state index contributed by atoms with van der Waals surface area (Å²) in [5.74, 6) is 0.385. The SMILES string of the molecule is CC(CC(Br)(c1ccc(N)cc1)c1ccc(N)cc1)c1ccccc1. The molecule has 0 radical (unpaired) electrons. The van der Waals surface area contributed by atoms with Gasteiger partial charge in [-0.2, -0.15) is 0 Å². The van der Waals surface area contributed by atoms with Crippen molar-refractivity contribution < 1.29 is 0 Å². The summed E-state index contributed by atoms with van der Waals surface area (Å²) in [6.07, 6.45) is 0.921. The van der Waals surface area contributed by atoms with Gasteiger partial charge in [0.15, 0.2) is 0 Å². The van der Waals surface area contributed by atoms with Crippen molar-refractivity contribution in [1.29, 1.82) is 0 Å².